The molecule has 0 radical (unpaired) electrons. The molecule has 0 spiro atoms. The van der Waals surface area contributed by atoms with Gasteiger partial charge in [0.05, 0.1) is 11.5 Å². The average molecular weight is 377 g/mol. The zero-order valence-electron chi connectivity index (χ0n) is 14.2. The summed E-state index contributed by atoms with van der Waals surface area (Å²) in [5, 5.41) is 10.8. The predicted octanol–water partition coefficient (Wildman–Crippen LogP) is 1.56. The van der Waals surface area contributed by atoms with Crippen molar-refractivity contribution in [2.24, 2.45) is 0 Å². The molecule has 8 heteroatoms. The van der Waals surface area contributed by atoms with Crippen LogP contribution in [0.25, 0.3) is 10.8 Å². The summed E-state index contributed by atoms with van der Waals surface area (Å²) in [4.78, 5) is 25.2. The molecular formula is C18H19NO6S. The van der Waals surface area contributed by atoms with E-state index < -0.39 is 21.7 Å². The van der Waals surface area contributed by atoms with Gasteiger partial charge in [-0.05, 0) is 17.9 Å². The highest BCUT2D eigenvalue weighted by atomic mass is 32.2. The molecule has 0 unspecified atom stereocenters. The number of benzene rings is 2. The first kappa shape index (κ1) is 18.2. The highest BCUT2D eigenvalue weighted by molar-refractivity contribution is 7.91. The quantitative estimate of drug-likeness (QED) is 0.849. The van der Waals surface area contributed by atoms with Crippen molar-refractivity contribution < 1.29 is 27.9 Å². The van der Waals surface area contributed by atoms with Crippen LogP contribution >= 0.6 is 0 Å². The van der Waals surface area contributed by atoms with Crippen molar-refractivity contribution in [1.82, 2.24) is 4.90 Å². The fraction of sp³-hybridized carbons (Fsp3) is 0.333. The van der Waals surface area contributed by atoms with Crippen LogP contribution in [0.15, 0.2) is 36.4 Å². The minimum absolute atomic E-state index is 0.0254. The molecule has 1 atom stereocenters. The van der Waals surface area contributed by atoms with Gasteiger partial charge in [0.25, 0.3) is 5.91 Å². The third-order valence-electron chi connectivity index (χ3n) is 4.60. The topological polar surface area (TPSA) is 101 Å². The standard InChI is InChI=1S/C18H19NO6S/c1-19(13-8-9-26(23,24)11-13)16(20)10-25-17-14-5-3-2-4-12(14)6-7-15(17)18(21)22/h2-7,13H,8-11H2,1H3,(H,21,22)/t13-/m0/s1. The molecule has 26 heavy (non-hydrogen) atoms. The van der Waals surface area contributed by atoms with Crippen molar-refractivity contribution in [3.8, 4) is 5.75 Å². The van der Waals surface area contributed by atoms with Crippen LogP contribution in [0.3, 0.4) is 0 Å². The largest absolute Gasteiger partial charge is 0.482 e. The maximum atomic E-state index is 12.4. The fourth-order valence-electron chi connectivity index (χ4n) is 3.09. The molecule has 2 aromatic rings. The molecule has 7 nitrogen and oxygen atoms in total. The Bertz CT molecular complexity index is 969. The summed E-state index contributed by atoms with van der Waals surface area (Å²) in [5.41, 5.74) is -0.0254. The molecule has 0 aromatic heterocycles. The first-order valence-electron chi connectivity index (χ1n) is 8.12. The van der Waals surface area contributed by atoms with E-state index in [1.807, 2.05) is 12.1 Å². The summed E-state index contributed by atoms with van der Waals surface area (Å²) in [5.74, 6) is -1.38. The second-order valence-corrected chi connectivity index (χ2v) is 8.55. The predicted molar refractivity (Wildman–Crippen MR) is 96.2 cm³/mol. The van der Waals surface area contributed by atoms with Gasteiger partial charge in [-0.25, -0.2) is 13.2 Å². The van der Waals surface area contributed by atoms with E-state index in [0.29, 0.717) is 11.8 Å². The number of fused-ring (bicyclic) bond motifs is 1. The van der Waals surface area contributed by atoms with Crippen molar-refractivity contribution in [2.75, 3.05) is 25.2 Å². The van der Waals surface area contributed by atoms with Crippen LogP contribution in [0.1, 0.15) is 16.8 Å². The van der Waals surface area contributed by atoms with Gasteiger partial charge in [-0.3, -0.25) is 4.79 Å². The van der Waals surface area contributed by atoms with Crippen LogP contribution in [-0.4, -0.2) is 61.5 Å². The van der Waals surface area contributed by atoms with E-state index in [-0.39, 0.29) is 35.5 Å². The van der Waals surface area contributed by atoms with E-state index in [1.165, 1.54) is 11.0 Å². The van der Waals surface area contributed by atoms with Crippen molar-refractivity contribution in [2.45, 2.75) is 12.5 Å². The van der Waals surface area contributed by atoms with E-state index in [4.69, 9.17) is 4.74 Å². The normalized spacial score (nSPS) is 18.6. The summed E-state index contributed by atoms with van der Waals surface area (Å²) < 4.78 is 28.7. The number of amides is 1. The Morgan fingerprint density at radius 1 is 1.23 bits per heavy atom. The van der Waals surface area contributed by atoms with Crippen molar-refractivity contribution >= 4 is 32.5 Å². The molecule has 3 rings (SSSR count). The molecule has 0 bridgehead atoms. The Balaban J connectivity index is 1.80. The Hall–Kier alpha value is -2.61. The van der Waals surface area contributed by atoms with Gasteiger partial charge in [0.2, 0.25) is 0 Å². The number of sulfone groups is 1. The molecule has 138 valence electrons. The Labute approximate surface area is 151 Å². The number of carbonyl (C=O) groups is 2. The average Bonchev–Trinajstić information content (AvgIpc) is 2.98. The molecule has 1 aliphatic heterocycles. The highest BCUT2D eigenvalue weighted by Crippen LogP contribution is 2.30. The number of carboxylic acids is 1. The van der Waals surface area contributed by atoms with E-state index >= 15 is 0 Å². The number of likely N-dealkylation sites (N-methyl/N-ethyl adjacent to an activating group) is 1. The van der Waals surface area contributed by atoms with Gasteiger partial charge < -0.3 is 14.7 Å². The van der Waals surface area contributed by atoms with Gasteiger partial charge >= 0.3 is 5.97 Å². The summed E-state index contributed by atoms with van der Waals surface area (Å²) in [7, 11) is -1.56. The van der Waals surface area contributed by atoms with Crippen LogP contribution in [0.4, 0.5) is 0 Å². The zero-order valence-corrected chi connectivity index (χ0v) is 15.0. The second kappa shape index (κ2) is 6.95. The number of hydrogen-bond donors (Lipinski definition) is 1. The maximum Gasteiger partial charge on any atom is 0.339 e. The number of carboxylic acid groups (broad SMARTS) is 1. The maximum absolute atomic E-state index is 12.4. The van der Waals surface area contributed by atoms with Crippen LogP contribution < -0.4 is 4.74 Å². The van der Waals surface area contributed by atoms with E-state index in [1.54, 1.807) is 25.2 Å². The van der Waals surface area contributed by atoms with Gasteiger partial charge in [-0.2, -0.15) is 0 Å². The Morgan fingerprint density at radius 3 is 2.62 bits per heavy atom. The first-order valence-corrected chi connectivity index (χ1v) is 9.94. The molecule has 1 heterocycles. The lowest BCUT2D eigenvalue weighted by molar-refractivity contribution is -0.133. The summed E-state index contributed by atoms with van der Waals surface area (Å²) in [6.45, 7) is -0.360. The molecule has 0 aliphatic carbocycles. The Morgan fingerprint density at radius 2 is 1.96 bits per heavy atom. The molecule has 1 amide bonds. The van der Waals surface area contributed by atoms with E-state index in [9.17, 15) is 23.1 Å². The lowest BCUT2D eigenvalue weighted by Gasteiger charge is -2.23. The van der Waals surface area contributed by atoms with E-state index in [0.717, 1.165) is 5.39 Å². The lowest BCUT2D eigenvalue weighted by Crippen LogP contribution is -2.40. The smallest absolute Gasteiger partial charge is 0.339 e. The summed E-state index contributed by atoms with van der Waals surface area (Å²) in [6.07, 6.45) is 0.402. The monoisotopic (exact) mass is 377 g/mol. The third kappa shape index (κ3) is 3.65. The fourth-order valence-corrected chi connectivity index (χ4v) is 4.86. The minimum Gasteiger partial charge on any atom is -0.482 e. The first-order chi connectivity index (χ1) is 12.3. The third-order valence-corrected chi connectivity index (χ3v) is 6.35. The summed E-state index contributed by atoms with van der Waals surface area (Å²) in [6, 6.07) is 9.90. The van der Waals surface area contributed by atoms with Gasteiger partial charge in [-0.15, -0.1) is 0 Å². The number of hydrogen-bond acceptors (Lipinski definition) is 5. The molecule has 0 saturated carbocycles. The molecule has 1 aliphatic rings. The zero-order chi connectivity index (χ0) is 18.9. The molecular weight excluding hydrogens is 358 g/mol. The van der Waals surface area contributed by atoms with Gasteiger partial charge in [0.15, 0.2) is 16.4 Å². The number of ether oxygens (including phenoxy) is 1. The SMILES string of the molecule is CN(C(=O)COc1c(C(=O)O)ccc2ccccc12)[C@H]1CCS(=O)(=O)C1. The lowest BCUT2D eigenvalue weighted by atomic mass is 10.1. The van der Waals surface area contributed by atoms with Gasteiger partial charge in [-0.1, -0.05) is 30.3 Å². The van der Waals surface area contributed by atoms with Crippen LogP contribution in [-0.2, 0) is 14.6 Å². The molecule has 1 N–H and O–H groups in total. The van der Waals surface area contributed by atoms with Gasteiger partial charge in [0.1, 0.15) is 11.3 Å². The minimum atomic E-state index is -3.10. The van der Waals surface area contributed by atoms with Crippen LogP contribution in [0, 0.1) is 0 Å². The molecule has 2 aromatic carbocycles. The number of rotatable bonds is 5. The van der Waals surface area contributed by atoms with E-state index in [2.05, 4.69) is 0 Å². The number of nitrogens with zero attached hydrogens (tertiary/aromatic N) is 1. The number of aromatic carboxylic acids is 1. The highest BCUT2D eigenvalue weighted by Gasteiger charge is 2.33. The number of carbonyl (C=O) groups excluding carboxylic acids is 1. The molecule has 1 fully saturated rings. The second-order valence-electron chi connectivity index (χ2n) is 6.32. The Kier molecular flexibility index (Phi) is 4.86. The van der Waals surface area contributed by atoms with Crippen molar-refractivity contribution in [1.29, 1.82) is 0 Å². The van der Waals surface area contributed by atoms with Crippen LogP contribution in [0.5, 0.6) is 5.75 Å². The van der Waals surface area contributed by atoms with Crippen molar-refractivity contribution in [3.63, 3.8) is 0 Å². The molecule has 1 saturated heterocycles. The van der Waals surface area contributed by atoms with Crippen LogP contribution in [0.2, 0.25) is 0 Å². The van der Waals surface area contributed by atoms with Crippen molar-refractivity contribution in [3.05, 3.63) is 42.0 Å². The van der Waals surface area contributed by atoms with Gasteiger partial charge in [0, 0.05) is 18.5 Å². The summed E-state index contributed by atoms with van der Waals surface area (Å²) >= 11 is 0.